The van der Waals surface area contributed by atoms with Gasteiger partial charge in [-0.05, 0) is 61.9 Å². The molecule has 0 aliphatic heterocycles. The lowest BCUT2D eigenvalue weighted by atomic mass is 10.2. The zero-order valence-corrected chi connectivity index (χ0v) is 17.2. The van der Waals surface area contributed by atoms with E-state index in [2.05, 4.69) is 15.0 Å². The highest BCUT2D eigenvalue weighted by Gasteiger charge is 2.17. The molecular formula is C21H24N4O2S. The van der Waals surface area contributed by atoms with Crippen LogP contribution in [0.25, 0.3) is 0 Å². The standard InChI is InChI=1S/C21H24N4O2S/c1-15-5-11-20(16(2)13-15)28(26,27)24-18-8-12-21(22-14-18)23-17-6-9-19(10-7-17)25(3)4/h5-14,24H,1-4H3,(H,22,23). The largest absolute Gasteiger partial charge is 0.378 e. The van der Waals surface area contributed by atoms with Crippen molar-refractivity contribution in [1.29, 1.82) is 0 Å². The molecule has 0 atom stereocenters. The molecule has 3 aromatic rings. The zero-order valence-electron chi connectivity index (χ0n) is 16.4. The van der Waals surface area contributed by atoms with Crippen LogP contribution in [-0.4, -0.2) is 27.5 Å². The maximum atomic E-state index is 12.6. The van der Waals surface area contributed by atoms with E-state index in [1.165, 1.54) is 6.20 Å². The van der Waals surface area contributed by atoms with Gasteiger partial charge in [-0.15, -0.1) is 0 Å². The monoisotopic (exact) mass is 396 g/mol. The van der Waals surface area contributed by atoms with Gasteiger partial charge in [0.1, 0.15) is 5.82 Å². The quantitative estimate of drug-likeness (QED) is 0.649. The molecule has 2 aromatic carbocycles. The predicted molar refractivity (Wildman–Crippen MR) is 115 cm³/mol. The normalized spacial score (nSPS) is 11.1. The van der Waals surface area contributed by atoms with Crippen LogP contribution < -0.4 is 14.9 Å². The van der Waals surface area contributed by atoms with Crippen LogP contribution in [0.15, 0.2) is 65.7 Å². The number of hydrogen-bond donors (Lipinski definition) is 2. The van der Waals surface area contributed by atoms with Crippen LogP contribution in [0.4, 0.5) is 22.9 Å². The molecule has 0 amide bonds. The molecule has 2 N–H and O–H groups in total. The molecule has 3 rings (SSSR count). The Labute approximate surface area is 166 Å². The fraction of sp³-hybridized carbons (Fsp3) is 0.190. The zero-order chi connectivity index (χ0) is 20.3. The van der Waals surface area contributed by atoms with Crippen LogP contribution in [0.3, 0.4) is 0 Å². The van der Waals surface area contributed by atoms with Crippen molar-refractivity contribution in [3.63, 3.8) is 0 Å². The van der Waals surface area contributed by atoms with Crippen molar-refractivity contribution in [3.05, 3.63) is 71.9 Å². The second-order valence-corrected chi connectivity index (χ2v) is 8.52. The molecule has 146 valence electrons. The van der Waals surface area contributed by atoms with Crippen molar-refractivity contribution >= 4 is 32.9 Å². The summed E-state index contributed by atoms with van der Waals surface area (Å²) in [5.74, 6) is 0.632. The number of aromatic nitrogens is 1. The number of pyridine rings is 1. The van der Waals surface area contributed by atoms with Crippen LogP contribution in [0.2, 0.25) is 0 Å². The average molecular weight is 397 g/mol. The van der Waals surface area contributed by atoms with E-state index in [4.69, 9.17) is 0 Å². The minimum atomic E-state index is -3.66. The smallest absolute Gasteiger partial charge is 0.262 e. The van der Waals surface area contributed by atoms with Crippen LogP contribution in [0.5, 0.6) is 0 Å². The molecule has 6 nitrogen and oxygen atoms in total. The van der Waals surface area contributed by atoms with E-state index in [-0.39, 0.29) is 4.90 Å². The molecular weight excluding hydrogens is 372 g/mol. The van der Waals surface area contributed by atoms with E-state index in [1.54, 1.807) is 31.2 Å². The molecule has 1 aromatic heterocycles. The van der Waals surface area contributed by atoms with Gasteiger partial charge in [0.15, 0.2) is 0 Å². The molecule has 7 heteroatoms. The number of benzene rings is 2. The summed E-state index contributed by atoms with van der Waals surface area (Å²) in [6.07, 6.45) is 1.50. The maximum absolute atomic E-state index is 12.6. The second-order valence-electron chi connectivity index (χ2n) is 6.87. The van der Waals surface area contributed by atoms with E-state index >= 15 is 0 Å². The summed E-state index contributed by atoms with van der Waals surface area (Å²) in [7, 11) is 0.315. The van der Waals surface area contributed by atoms with Gasteiger partial charge in [0.2, 0.25) is 0 Å². The first kappa shape index (κ1) is 19.7. The molecule has 0 unspecified atom stereocenters. The van der Waals surface area contributed by atoms with Gasteiger partial charge in [0.05, 0.1) is 16.8 Å². The lowest BCUT2D eigenvalue weighted by Crippen LogP contribution is -2.14. The third-order valence-corrected chi connectivity index (χ3v) is 5.83. The van der Waals surface area contributed by atoms with Gasteiger partial charge in [-0.25, -0.2) is 13.4 Å². The maximum Gasteiger partial charge on any atom is 0.262 e. The Morgan fingerprint density at radius 1 is 0.893 bits per heavy atom. The molecule has 0 spiro atoms. The molecule has 1 heterocycles. The van der Waals surface area contributed by atoms with Gasteiger partial charge in [-0.2, -0.15) is 0 Å². The summed E-state index contributed by atoms with van der Waals surface area (Å²) >= 11 is 0. The molecule has 0 saturated carbocycles. The molecule has 0 aliphatic carbocycles. The van der Waals surface area contributed by atoms with Gasteiger partial charge in [-0.1, -0.05) is 17.7 Å². The number of anilines is 4. The van der Waals surface area contributed by atoms with Gasteiger partial charge >= 0.3 is 0 Å². The van der Waals surface area contributed by atoms with Gasteiger partial charge < -0.3 is 10.2 Å². The summed E-state index contributed by atoms with van der Waals surface area (Å²) < 4.78 is 27.9. The minimum absolute atomic E-state index is 0.265. The highest BCUT2D eigenvalue weighted by Crippen LogP contribution is 2.22. The Morgan fingerprint density at radius 2 is 1.57 bits per heavy atom. The molecule has 0 saturated heterocycles. The van der Waals surface area contributed by atoms with Crippen molar-refractivity contribution in [2.75, 3.05) is 29.0 Å². The first-order valence-electron chi connectivity index (χ1n) is 8.85. The SMILES string of the molecule is Cc1ccc(S(=O)(=O)Nc2ccc(Nc3ccc(N(C)C)cc3)nc2)c(C)c1. The minimum Gasteiger partial charge on any atom is -0.378 e. The fourth-order valence-electron chi connectivity index (χ4n) is 2.83. The molecule has 28 heavy (non-hydrogen) atoms. The van der Waals surface area contributed by atoms with E-state index in [0.717, 1.165) is 16.9 Å². The molecule has 0 radical (unpaired) electrons. The predicted octanol–water partition coefficient (Wildman–Crippen LogP) is 4.31. The van der Waals surface area contributed by atoms with Crippen LogP contribution in [0.1, 0.15) is 11.1 Å². The highest BCUT2D eigenvalue weighted by atomic mass is 32.2. The van der Waals surface area contributed by atoms with E-state index in [1.807, 2.05) is 56.3 Å². The summed E-state index contributed by atoms with van der Waals surface area (Å²) in [6.45, 7) is 3.72. The third-order valence-electron chi connectivity index (χ3n) is 4.29. The van der Waals surface area contributed by atoms with Crippen molar-refractivity contribution < 1.29 is 8.42 Å². The van der Waals surface area contributed by atoms with Gasteiger partial charge in [0, 0.05) is 25.5 Å². The number of aryl methyl sites for hydroxylation is 2. The Kier molecular flexibility index (Phi) is 5.56. The number of rotatable bonds is 6. The van der Waals surface area contributed by atoms with Crippen LogP contribution in [-0.2, 0) is 10.0 Å². The highest BCUT2D eigenvalue weighted by molar-refractivity contribution is 7.92. The molecule has 0 fully saturated rings. The Hall–Kier alpha value is -3.06. The first-order valence-corrected chi connectivity index (χ1v) is 10.3. The Bertz CT molecular complexity index is 1060. The van der Waals surface area contributed by atoms with Crippen molar-refractivity contribution in [1.82, 2.24) is 4.98 Å². The Balaban J connectivity index is 1.71. The third kappa shape index (κ3) is 4.61. The summed E-state index contributed by atoms with van der Waals surface area (Å²) in [6, 6.07) is 16.6. The number of hydrogen-bond acceptors (Lipinski definition) is 5. The first-order chi connectivity index (χ1) is 13.2. The van der Waals surface area contributed by atoms with Crippen LogP contribution >= 0.6 is 0 Å². The van der Waals surface area contributed by atoms with Gasteiger partial charge in [-0.3, -0.25) is 4.72 Å². The molecule has 0 bridgehead atoms. The van der Waals surface area contributed by atoms with Crippen molar-refractivity contribution in [2.45, 2.75) is 18.7 Å². The summed E-state index contributed by atoms with van der Waals surface area (Å²) in [5.41, 5.74) is 4.15. The number of nitrogens with zero attached hydrogens (tertiary/aromatic N) is 2. The summed E-state index contributed by atoms with van der Waals surface area (Å²) in [5, 5.41) is 3.20. The second kappa shape index (κ2) is 7.90. The van der Waals surface area contributed by atoms with Gasteiger partial charge in [0.25, 0.3) is 10.0 Å². The van der Waals surface area contributed by atoms with Crippen molar-refractivity contribution in [3.8, 4) is 0 Å². The van der Waals surface area contributed by atoms with Crippen molar-refractivity contribution in [2.24, 2.45) is 0 Å². The van der Waals surface area contributed by atoms with E-state index in [9.17, 15) is 8.42 Å². The lowest BCUT2D eigenvalue weighted by molar-refractivity contribution is 0.600. The number of nitrogens with one attached hydrogen (secondary N) is 2. The van der Waals surface area contributed by atoms with Crippen LogP contribution in [0, 0.1) is 13.8 Å². The van der Waals surface area contributed by atoms with E-state index in [0.29, 0.717) is 17.1 Å². The topological polar surface area (TPSA) is 74.3 Å². The lowest BCUT2D eigenvalue weighted by Gasteiger charge is -2.13. The summed E-state index contributed by atoms with van der Waals surface area (Å²) in [4.78, 5) is 6.59. The molecule has 0 aliphatic rings. The average Bonchev–Trinajstić information content (AvgIpc) is 2.63. The fourth-order valence-corrected chi connectivity index (χ4v) is 4.10. The Morgan fingerprint density at radius 3 is 2.14 bits per heavy atom. The number of sulfonamides is 1. The van der Waals surface area contributed by atoms with E-state index < -0.39 is 10.0 Å².